The van der Waals surface area contributed by atoms with Gasteiger partial charge >= 0.3 is 0 Å². The number of amides is 1. The molecule has 88 valence electrons. The number of rotatable bonds is 5. The minimum Gasteiger partial charge on any atom is -0.356 e. The van der Waals surface area contributed by atoms with Gasteiger partial charge in [-0.25, -0.2) is 0 Å². The van der Waals surface area contributed by atoms with E-state index in [1.807, 2.05) is 0 Å². The third-order valence-electron chi connectivity index (χ3n) is 3.32. The Morgan fingerprint density at radius 1 is 1.47 bits per heavy atom. The summed E-state index contributed by atoms with van der Waals surface area (Å²) in [6, 6.07) is 0. The van der Waals surface area contributed by atoms with Crippen molar-refractivity contribution in [3.05, 3.63) is 0 Å². The lowest BCUT2D eigenvalue weighted by atomic mass is 9.98. The van der Waals surface area contributed by atoms with Crippen LogP contribution in [-0.4, -0.2) is 25.5 Å². The molecule has 0 aromatic rings. The standard InChI is InChI=1S/C12H24N2O/c1-3-11(4-2)12(15)14-9-10-6-5-7-13-8-10/h10-11,13H,3-9H2,1-2H3,(H,14,15)/t10-/m0/s1. The van der Waals surface area contributed by atoms with Crippen LogP contribution < -0.4 is 10.6 Å². The highest BCUT2D eigenvalue weighted by Crippen LogP contribution is 2.10. The second kappa shape index (κ2) is 6.83. The third kappa shape index (κ3) is 4.20. The third-order valence-corrected chi connectivity index (χ3v) is 3.32. The van der Waals surface area contributed by atoms with Crippen LogP contribution in [0.3, 0.4) is 0 Å². The minimum absolute atomic E-state index is 0.210. The second-order valence-electron chi connectivity index (χ2n) is 4.47. The molecule has 3 heteroatoms. The fourth-order valence-electron chi connectivity index (χ4n) is 2.15. The molecule has 1 fully saturated rings. The lowest BCUT2D eigenvalue weighted by Gasteiger charge is -2.23. The van der Waals surface area contributed by atoms with E-state index in [1.54, 1.807) is 0 Å². The summed E-state index contributed by atoms with van der Waals surface area (Å²) >= 11 is 0. The summed E-state index contributed by atoms with van der Waals surface area (Å²) in [6.45, 7) is 7.20. The van der Waals surface area contributed by atoms with E-state index < -0.39 is 0 Å². The quantitative estimate of drug-likeness (QED) is 0.726. The lowest BCUT2D eigenvalue weighted by Crippen LogP contribution is -2.39. The van der Waals surface area contributed by atoms with Gasteiger partial charge in [0.15, 0.2) is 0 Å². The highest BCUT2D eigenvalue weighted by molar-refractivity contribution is 5.78. The Bertz CT molecular complexity index is 184. The Labute approximate surface area is 93.0 Å². The lowest BCUT2D eigenvalue weighted by molar-refractivity contribution is -0.125. The summed E-state index contributed by atoms with van der Waals surface area (Å²) < 4.78 is 0. The van der Waals surface area contributed by atoms with Crippen LogP contribution >= 0.6 is 0 Å². The van der Waals surface area contributed by atoms with E-state index in [4.69, 9.17) is 0 Å². The van der Waals surface area contributed by atoms with E-state index in [9.17, 15) is 4.79 Å². The summed E-state index contributed by atoms with van der Waals surface area (Å²) in [5, 5.41) is 6.44. The van der Waals surface area contributed by atoms with Crippen LogP contribution in [0.2, 0.25) is 0 Å². The Kier molecular flexibility index (Phi) is 5.69. The highest BCUT2D eigenvalue weighted by atomic mass is 16.1. The van der Waals surface area contributed by atoms with Crippen molar-refractivity contribution in [3.63, 3.8) is 0 Å². The molecule has 0 saturated carbocycles. The molecule has 0 aromatic carbocycles. The van der Waals surface area contributed by atoms with Gasteiger partial charge in [-0.05, 0) is 44.7 Å². The monoisotopic (exact) mass is 212 g/mol. The van der Waals surface area contributed by atoms with Crippen molar-refractivity contribution < 1.29 is 4.79 Å². The molecule has 0 aromatic heterocycles. The van der Waals surface area contributed by atoms with E-state index in [1.165, 1.54) is 12.8 Å². The number of hydrogen-bond donors (Lipinski definition) is 2. The zero-order chi connectivity index (χ0) is 11.1. The average Bonchev–Trinajstić information content (AvgIpc) is 2.29. The molecular formula is C12H24N2O. The predicted octanol–water partition coefficient (Wildman–Crippen LogP) is 1.54. The summed E-state index contributed by atoms with van der Waals surface area (Å²) in [6.07, 6.45) is 4.39. The van der Waals surface area contributed by atoms with Crippen molar-refractivity contribution in [2.75, 3.05) is 19.6 Å². The van der Waals surface area contributed by atoms with Gasteiger partial charge in [-0.3, -0.25) is 4.79 Å². The molecule has 1 aliphatic rings. The molecule has 0 aliphatic carbocycles. The molecule has 1 rings (SSSR count). The van der Waals surface area contributed by atoms with E-state index in [-0.39, 0.29) is 11.8 Å². The molecule has 1 saturated heterocycles. The van der Waals surface area contributed by atoms with Crippen LogP contribution in [-0.2, 0) is 4.79 Å². The normalized spacial score (nSPS) is 21.7. The van der Waals surface area contributed by atoms with Gasteiger partial charge in [0.2, 0.25) is 5.91 Å². The number of carbonyl (C=O) groups is 1. The summed E-state index contributed by atoms with van der Waals surface area (Å²) in [5.41, 5.74) is 0. The molecule has 1 heterocycles. The fourth-order valence-corrected chi connectivity index (χ4v) is 2.15. The molecule has 1 amide bonds. The Hall–Kier alpha value is -0.570. The maximum Gasteiger partial charge on any atom is 0.223 e. The molecule has 1 atom stereocenters. The molecule has 3 nitrogen and oxygen atoms in total. The first-order valence-electron chi connectivity index (χ1n) is 6.26. The maximum absolute atomic E-state index is 11.7. The van der Waals surface area contributed by atoms with Crippen molar-refractivity contribution in [2.24, 2.45) is 11.8 Å². The first-order chi connectivity index (χ1) is 7.27. The molecule has 0 bridgehead atoms. The Morgan fingerprint density at radius 3 is 2.73 bits per heavy atom. The van der Waals surface area contributed by atoms with Gasteiger partial charge < -0.3 is 10.6 Å². The predicted molar refractivity (Wildman–Crippen MR) is 62.7 cm³/mol. The van der Waals surface area contributed by atoms with Crippen molar-refractivity contribution in [1.82, 2.24) is 10.6 Å². The van der Waals surface area contributed by atoms with E-state index in [0.29, 0.717) is 5.92 Å². The molecule has 0 radical (unpaired) electrons. The average molecular weight is 212 g/mol. The van der Waals surface area contributed by atoms with Gasteiger partial charge in [-0.2, -0.15) is 0 Å². The fraction of sp³-hybridized carbons (Fsp3) is 0.917. The van der Waals surface area contributed by atoms with E-state index in [0.717, 1.165) is 32.5 Å². The van der Waals surface area contributed by atoms with Crippen molar-refractivity contribution in [1.29, 1.82) is 0 Å². The minimum atomic E-state index is 0.210. The van der Waals surface area contributed by atoms with Crippen LogP contribution in [0, 0.1) is 11.8 Å². The largest absolute Gasteiger partial charge is 0.356 e. The topological polar surface area (TPSA) is 41.1 Å². The molecule has 15 heavy (non-hydrogen) atoms. The number of hydrogen-bond acceptors (Lipinski definition) is 2. The van der Waals surface area contributed by atoms with Crippen molar-refractivity contribution >= 4 is 5.91 Å². The molecular weight excluding hydrogens is 188 g/mol. The van der Waals surface area contributed by atoms with Crippen molar-refractivity contribution in [2.45, 2.75) is 39.5 Å². The highest BCUT2D eigenvalue weighted by Gasteiger charge is 2.17. The zero-order valence-corrected chi connectivity index (χ0v) is 10.0. The molecule has 1 aliphatic heterocycles. The number of nitrogens with one attached hydrogen (secondary N) is 2. The molecule has 0 spiro atoms. The van der Waals surface area contributed by atoms with Gasteiger partial charge in [0.05, 0.1) is 0 Å². The van der Waals surface area contributed by atoms with Gasteiger partial charge in [0, 0.05) is 12.5 Å². The first kappa shape index (κ1) is 12.5. The summed E-state index contributed by atoms with van der Waals surface area (Å²) in [5.74, 6) is 1.09. The molecule has 2 N–H and O–H groups in total. The Balaban J connectivity index is 2.20. The van der Waals surface area contributed by atoms with Crippen LogP contribution in [0.15, 0.2) is 0 Å². The SMILES string of the molecule is CCC(CC)C(=O)NC[C@H]1CCCNC1. The summed E-state index contributed by atoms with van der Waals surface area (Å²) in [4.78, 5) is 11.7. The maximum atomic E-state index is 11.7. The van der Waals surface area contributed by atoms with Gasteiger partial charge in [-0.1, -0.05) is 13.8 Å². The van der Waals surface area contributed by atoms with E-state index in [2.05, 4.69) is 24.5 Å². The van der Waals surface area contributed by atoms with Crippen LogP contribution in [0.25, 0.3) is 0 Å². The van der Waals surface area contributed by atoms with E-state index >= 15 is 0 Å². The van der Waals surface area contributed by atoms with Gasteiger partial charge in [0.25, 0.3) is 0 Å². The Morgan fingerprint density at radius 2 is 2.20 bits per heavy atom. The summed E-state index contributed by atoms with van der Waals surface area (Å²) in [7, 11) is 0. The van der Waals surface area contributed by atoms with Crippen molar-refractivity contribution in [3.8, 4) is 0 Å². The number of carbonyl (C=O) groups excluding carboxylic acids is 1. The smallest absolute Gasteiger partial charge is 0.223 e. The van der Waals surface area contributed by atoms with Gasteiger partial charge in [0.1, 0.15) is 0 Å². The van der Waals surface area contributed by atoms with Gasteiger partial charge in [-0.15, -0.1) is 0 Å². The zero-order valence-electron chi connectivity index (χ0n) is 10.0. The van der Waals surface area contributed by atoms with Crippen LogP contribution in [0.4, 0.5) is 0 Å². The first-order valence-corrected chi connectivity index (χ1v) is 6.26. The van der Waals surface area contributed by atoms with Crippen LogP contribution in [0.5, 0.6) is 0 Å². The second-order valence-corrected chi connectivity index (χ2v) is 4.47. The molecule has 0 unspecified atom stereocenters. The van der Waals surface area contributed by atoms with Crippen LogP contribution in [0.1, 0.15) is 39.5 Å². The number of piperidine rings is 1.